The molecule has 2 aliphatic rings. The summed E-state index contributed by atoms with van der Waals surface area (Å²) in [6.45, 7) is 7.15. The summed E-state index contributed by atoms with van der Waals surface area (Å²) in [5, 5.41) is 5.21. The molecular weight excluding hydrogens is 336 g/mol. The Hall–Kier alpha value is -0.950. The van der Waals surface area contributed by atoms with Crippen LogP contribution in [-0.2, 0) is 20.8 Å². The molecule has 6 heteroatoms. The Morgan fingerprint density at radius 2 is 2.40 bits per heavy atom. The number of nitrogens with zero attached hydrogens (tertiary/aromatic N) is 1. The van der Waals surface area contributed by atoms with Gasteiger partial charge in [0.25, 0.3) is 0 Å². The van der Waals surface area contributed by atoms with E-state index in [0.717, 1.165) is 45.6 Å². The molecule has 0 bridgehead atoms. The maximum atomic E-state index is 12.2. The number of rotatable bonds is 8. The van der Waals surface area contributed by atoms with E-state index in [-0.39, 0.29) is 12.0 Å². The summed E-state index contributed by atoms with van der Waals surface area (Å²) in [5.74, 6) is 0.524. The summed E-state index contributed by atoms with van der Waals surface area (Å²) in [7, 11) is 0. The Bertz CT molecular complexity index is 517. The monoisotopic (exact) mass is 366 g/mol. The third-order valence-corrected chi connectivity index (χ3v) is 5.91. The lowest BCUT2D eigenvalue weighted by atomic mass is 9.98. The Balaban J connectivity index is 1.34. The molecule has 2 fully saturated rings. The Labute approximate surface area is 154 Å². The third-order valence-electron chi connectivity index (χ3n) is 5.05. The van der Waals surface area contributed by atoms with Gasteiger partial charge in [0.2, 0.25) is 5.91 Å². The van der Waals surface area contributed by atoms with Gasteiger partial charge in [-0.1, -0.05) is 6.07 Å². The van der Waals surface area contributed by atoms with Crippen LogP contribution in [0.5, 0.6) is 0 Å². The van der Waals surface area contributed by atoms with Gasteiger partial charge in [-0.05, 0) is 56.5 Å². The highest BCUT2D eigenvalue weighted by molar-refractivity contribution is 7.09. The molecule has 0 aromatic carbocycles. The lowest BCUT2D eigenvalue weighted by Crippen LogP contribution is -2.43. The van der Waals surface area contributed by atoms with Crippen molar-refractivity contribution in [2.75, 3.05) is 32.8 Å². The van der Waals surface area contributed by atoms with Crippen molar-refractivity contribution >= 4 is 17.2 Å². The third kappa shape index (κ3) is 6.06. The van der Waals surface area contributed by atoms with Crippen LogP contribution in [0.1, 0.15) is 37.5 Å². The van der Waals surface area contributed by atoms with Crippen LogP contribution in [0.25, 0.3) is 0 Å². The summed E-state index contributed by atoms with van der Waals surface area (Å²) >= 11 is 1.82. The largest absolute Gasteiger partial charge is 0.376 e. The molecule has 0 saturated carbocycles. The molecule has 140 valence electrons. The minimum Gasteiger partial charge on any atom is -0.376 e. The number of ether oxygens (including phenoxy) is 2. The van der Waals surface area contributed by atoms with Crippen molar-refractivity contribution in [3.8, 4) is 0 Å². The van der Waals surface area contributed by atoms with Crippen LogP contribution in [0.15, 0.2) is 17.5 Å². The van der Waals surface area contributed by atoms with Gasteiger partial charge in [-0.3, -0.25) is 9.69 Å². The maximum Gasteiger partial charge on any atom is 0.248 e. The van der Waals surface area contributed by atoms with Crippen LogP contribution in [-0.4, -0.2) is 55.9 Å². The number of hydrogen-bond acceptors (Lipinski definition) is 5. The van der Waals surface area contributed by atoms with Crippen molar-refractivity contribution < 1.29 is 14.3 Å². The SMILES string of the molecule is CC(OCC1CCCO1)C(=O)NCC1CCCN(Cc2cccs2)C1. The number of carbonyl (C=O) groups is 1. The highest BCUT2D eigenvalue weighted by Crippen LogP contribution is 2.20. The molecule has 3 unspecified atom stereocenters. The fraction of sp³-hybridized carbons (Fsp3) is 0.737. The highest BCUT2D eigenvalue weighted by Gasteiger charge is 2.23. The van der Waals surface area contributed by atoms with Gasteiger partial charge in [-0.2, -0.15) is 0 Å². The lowest BCUT2D eigenvalue weighted by molar-refractivity contribution is -0.134. The molecule has 5 nitrogen and oxygen atoms in total. The minimum absolute atomic E-state index is 0.00613. The molecule has 1 aromatic heterocycles. The summed E-state index contributed by atoms with van der Waals surface area (Å²) in [6, 6.07) is 4.31. The predicted molar refractivity (Wildman–Crippen MR) is 99.7 cm³/mol. The van der Waals surface area contributed by atoms with Crippen LogP contribution < -0.4 is 5.32 Å². The number of carbonyl (C=O) groups excluding carboxylic acids is 1. The van der Waals surface area contributed by atoms with Gasteiger partial charge in [0.15, 0.2) is 0 Å². The van der Waals surface area contributed by atoms with Gasteiger partial charge < -0.3 is 14.8 Å². The average Bonchev–Trinajstić information content (AvgIpc) is 3.31. The quantitative estimate of drug-likeness (QED) is 0.768. The smallest absolute Gasteiger partial charge is 0.248 e. The van der Waals surface area contributed by atoms with Crippen LogP contribution >= 0.6 is 11.3 Å². The molecule has 3 heterocycles. The topological polar surface area (TPSA) is 50.8 Å². The second-order valence-electron chi connectivity index (χ2n) is 7.18. The van der Waals surface area contributed by atoms with Crippen molar-refractivity contribution in [3.63, 3.8) is 0 Å². The molecule has 2 aliphatic heterocycles. The van der Waals surface area contributed by atoms with E-state index in [1.807, 2.05) is 18.3 Å². The van der Waals surface area contributed by atoms with Gasteiger partial charge in [0.05, 0.1) is 12.7 Å². The van der Waals surface area contributed by atoms with E-state index in [0.29, 0.717) is 12.5 Å². The fourth-order valence-corrected chi connectivity index (χ4v) is 4.32. The maximum absolute atomic E-state index is 12.2. The molecule has 1 N–H and O–H groups in total. The number of likely N-dealkylation sites (tertiary alicyclic amines) is 1. The van der Waals surface area contributed by atoms with E-state index >= 15 is 0 Å². The molecule has 1 aromatic rings. The lowest BCUT2D eigenvalue weighted by Gasteiger charge is -2.32. The first-order valence-corrected chi connectivity index (χ1v) is 10.3. The van der Waals surface area contributed by atoms with Crippen LogP contribution in [0.4, 0.5) is 0 Å². The molecule has 25 heavy (non-hydrogen) atoms. The summed E-state index contributed by atoms with van der Waals surface area (Å²) in [4.78, 5) is 16.2. The standard InChI is InChI=1S/C19H30N2O3S/c1-15(24-14-17-6-3-9-23-17)19(22)20-11-16-5-2-8-21(12-16)13-18-7-4-10-25-18/h4,7,10,15-17H,2-3,5-6,8-9,11-14H2,1H3,(H,20,22). The van der Waals surface area contributed by atoms with Gasteiger partial charge in [0, 0.05) is 31.1 Å². The number of thiophene rings is 1. The van der Waals surface area contributed by atoms with E-state index in [2.05, 4.69) is 27.7 Å². The van der Waals surface area contributed by atoms with E-state index in [9.17, 15) is 4.79 Å². The second kappa shape index (κ2) is 9.67. The molecule has 3 atom stereocenters. The van der Waals surface area contributed by atoms with Crippen molar-refractivity contribution in [2.45, 2.75) is 51.4 Å². The van der Waals surface area contributed by atoms with E-state index in [1.54, 1.807) is 0 Å². The second-order valence-corrected chi connectivity index (χ2v) is 8.21. The Morgan fingerprint density at radius 3 is 3.16 bits per heavy atom. The summed E-state index contributed by atoms with van der Waals surface area (Å²) in [5.41, 5.74) is 0. The van der Waals surface area contributed by atoms with Crippen LogP contribution in [0, 0.1) is 5.92 Å². The highest BCUT2D eigenvalue weighted by atomic mass is 32.1. The molecule has 0 aliphatic carbocycles. The molecule has 1 amide bonds. The first-order chi connectivity index (χ1) is 12.2. The minimum atomic E-state index is -0.407. The summed E-state index contributed by atoms with van der Waals surface area (Å²) < 4.78 is 11.2. The van der Waals surface area contributed by atoms with Gasteiger partial charge >= 0.3 is 0 Å². The number of hydrogen-bond donors (Lipinski definition) is 1. The molecule has 0 spiro atoms. The van der Waals surface area contributed by atoms with Crippen molar-refractivity contribution in [3.05, 3.63) is 22.4 Å². The zero-order chi connectivity index (χ0) is 17.5. The molecule has 2 saturated heterocycles. The normalized spacial score (nSPS) is 25.8. The summed E-state index contributed by atoms with van der Waals surface area (Å²) in [6.07, 6.45) is 4.28. The first kappa shape index (κ1) is 18.8. The predicted octanol–water partition coefficient (Wildman–Crippen LogP) is 2.66. The van der Waals surface area contributed by atoms with Gasteiger partial charge in [-0.15, -0.1) is 11.3 Å². The molecule has 3 rings (SSSR count). The number of nitrogens with one attached hydrogen (secondary N) is 1. The van der Waals surface area contributed by atoms with E-state index < -0.39 is 6.10 Å². The van der Waals surface area contributed by atoms with Crippen molar-refractivity contribution in [1.82, 2.24) is 10.2 Å². The van der Waals surface area contributed by atoms with Crippen molar-refractivity contribution in [1.29, 1.82) is 0 Å². The average molecular weight is 367 g/mol. The van der Waals surface area contributed by atoms with Crippen LogP contribution in [0.3, 0.4) is 0 Å². The van der Waals surface area contributed by atoms with E-state index in [1.165, 1.54) is 17.7 Å². The van der Waals surface area contributed by atoms with Gasteiger partial charge in [-0.25, -0.2) is 0 Å². The van der Waals surface area contributed by atoms with E-state index in [4.69, 9.17) is 9.47 Å². The fourth-order valence-electron chi connectivity index (χ4n) is 3.58. The Kier molecular flexibility index (Phi) is 7.28. The zero-order valence-electron chi connectivity index (χ0n) is 15.1. The first-order valence-electron chi connectivity index (χ1n) is 9.46. The Morgan fingerprint density at radius 1 is 1.48 bits per heavy atom. The molecular formula is C19H30N2O3S. The van der Waals surface area contributed by atoms with Gasteiger partial charge in [0.1, 0.15) is 6.10 Å². The van der Waals surface area contributed by atoms with Crippen LogP contribution in [0.2, 0.25) is 0 Å². The number of piperidine rings is 1. The van der Waals surface area contributed by atoms with Crippen molar-refractivity contribution in [2.24, 2.45) is 5.92 Å². The zero-order valence-corrected chi connectivity index (χ0v) is 15.9. The number of amides is 1. The molecule has 0 radical (unpaired) electrons.